The van der Waals surface area contributed by atoms with Crippen LogP contribution in [0.2, 0.25) is 5.02 Å². The van der Waals surface area contributed by atoms with Crippen LogP contribution in [0.3, 0.4) is 0 Å². The second-order valence-corrected chi connectivity index (χ2v) is 7.16. The molecule has 0 aliphatic carbocycles. The van der Waals surface area contributed by atoms with E-state index >= 15 is 0 Å². The summed E-state index contributed by atoms with van der Waals surface area (Å²) in [7, 11) is 0. The number of nitrogens with two attached hydrogens (primary N) is 1. The number of piperazine rings is 1. The molecular formula is C21H27ClIN5O. The van der Waals surface area contributed by atoms with Crippen molar-refractivity contribution in [2.75, 3.05) is 42.9 Å². The van der Waals surface area contributed by atoms with E-state index in [0.29, 0.717) is 13.1 Å². The fourth-order valence-corrected chi connectivity index (χ4v) is 3.26. The molecule has 1 aliphatic heterocycles. The van der Waals surface area contributed by atoms with Crippen LogP contribution in [0, 0.1) is 0 Å². The number of hydrogen-bond donors (Lipinski definition) is 2. The molecule has 29 heavy (non-hydrogen) atoms. The molecule has 0 aromatic heterocycles. The van der Waals surface area contributed by atoms with Gasteiger partial charge in [-0.05, 0) is 48.4 Å². The largest absolute Gasteiger partial charge is 0.370 e. The molecule has 156 valence electrons. The Kier molecular flexibility index (Phi) is 9.03. The number of halogens is 2. The van der Waals surface area contributed by atoms with Gasteiger partial charge in [0.15, 0.2) is 5.96 Å². The number of anilines is 2. The summed E-state index contributed by atoms with van der Waals surface area (Å²) in [5, 5.41) is 3.75. The van der Waals surface area contributed by atoms with Crippen LogP contribution in [0.15, 0.2) is 53.5 Å². The van der Waals surface area contributed by atoms with Gasteiger partial charge in [-0.1, -0.05) is 30.7 Å². The summed E-state index contributed by atoms with van der Waals surface area (Å²) in [4.78, 5) is 20.7. The van der Waals surface area contributed by atoms with Crippen molar-refractivity contribution in [3.05, 3.63) is 59.1 Å². The predicted molar refractivity (Wildman–Crippen MR) is 132 cm³/mol. The molecule has 0 bridgehead atoms. The molecule has 1 aliphatic rings. The summed E-state index contributed by atoms with van der Waals surface area (Å²) < 4.78 is 0. The van der Waals surface area contributed by atoms with Gasteiger partial charge in [-0.2, -0.15) is 0 Å². The first-order chi connectivity index (χ1) is 13.5. The molecule has 3 N–H and O–H groups in total. The van der Waals surface area contributed by atoms with Gasteiger partial charge in [0.2, 0.25) is 5.91 Å². The maximum absolute atomic E-state index is 12.4. The molecular weight excluding hydrogens is 501 g/mol. The minimum Gasteiger partial charge on any atom is -0.370 e. The van der Waals surface area contributed by atoms with Crippen molar-refractivity contribution in [2.24, 2.45) is 10.7 Å². The number of carbonyl (C=O) groups is 1. The Balaban J connectivity index is 0.00000300. The third-order valence-corrected chi connectivity index (χ3v) is 5.10. The number of hydrogen-bond acceptors (Lipinski definition) is 3. The average Bonchev–Trinajstić information content (AvgIpc) is 2.73. The lowest BCUT2D eigenvalue weighted by Crippen LogP contribution is -2.49. The highest BCUT2D eigenvalue weighted by Crippen LogP contribution is 2.19. The van der Waals surface area contributed by atoms with E-state index in [1.54, 1.807) is 0 Å². The zero-order chi connectivity index (χ0) is 19.9. The number of guanidine groups is 1. The second-order valence-electron chi connectivity index (χ2n) is 6.72. The van der Waals surface area contributed by atoms with Crippen molar-refractivity contribution < 1.29 is 4.79 Å². The molecule has 0 unspecified atom stereocenters. The molecule has 0 saturated carbocycles. The number of nitrogens with zero attached hydrogens (tertiary/aromatic N) is 3. The molecule has 3 rings (SSSR count). The van der Waals surface area contributed by atoms with Crippen molar-refractivity contribution in [3.63, 3.8) is 0 Å². The molecule has 1 amide bonds. The Labute approximate surface area is 194 Å². The minimum absolute atomic E-state index is 0. The average molecular weight is 528 g/mol. The summed E-state index contributed by atoms with van der Waals surface area (Å²) >= 11 is 5.94. The van der Waals surface area contributed by atoms with E-state index in [1.165, 1.54) is 5.56 Å². The molecule has 0 spiro atoms. The molecule has 2 aromatic rings. The third kappa shape index (κ3) is 6.78. The molecule has 0 atom stereocenters. The molecule has 1 heterocycles. The van der Waals surface area contributed by atoms with Crippen LogP contribution in [-0.2, 0) is 11.2 Å². The van der Waals surface area contributed by atoms with E-state index < -0.39 is 0 Å². The van der Waals surface area contributed by atoms with Gasteiger partial charge < -0.3 is 20.9 Å². The van der Waals surface area contributed by atoms with E-state index in [0.717, 1.165) is 35.9 Å². The highest BCUT2D eigenvalue weighted by atomic mass is 127. The standard InChI is InChI=1S/C21H26ClN5O.HI/c1-2-16-3-7-18(8-4-16)25-21(23)24-15-20(28)27-13-11-26(12-14-27)19-9-5-17(22)6-10-19;/h3-10H,2,11-15H2,1H3,(H3,23,24,25);1H. The maximum Gasteiger partial charge on any atom is 0.244 e. The van der Waals surface area contributed by atoms with E-state index in [-0.39, 0.29) is 42.4 Å². The molecule has 8 heteroatoms. The molecule has 6 nitrogen and oxygen atoms in total. The summed E-state index contributed by atoms with van der Waals surface area (Å²) in [5.41, 5.74) is 9.16. The first-order valence-corrected chi connectivity index (χ1v) is 9.87. The normalized spacial score (nSPS) is 14.3. The van der Waals surface area contributed by atoms with Gasteiger partial charge in [0, 0.05) is 42.6 Å². The molecule has 1 fully saturated rings. The summed E-state index contributed by atoms with van der Waals surface area (Å²) in [5.74, 6) is 0.235. The van der Waals surface area contributed by atoms with Gasteiger partial charge in [0.05, 0.1) is 0 Å². The third-order valence-electron chi connectivity index (χ3n) is 4.84. The highest BCUT2D eigenvalue weighted by molar-refractivity contribution is 14.0. The van der Waals surface area contributed by atoms with Crippen molar-refractivity contribution in [1.82, 2.24) is 4.90 Å². The SMILES string of the molecule is CCc1ccc(NC(N)=NCC(=O)N2CCN(c3ccc(Cl)cc3)CC2)cc1.I. The number of aryl methyl sites for hydroxylation is 1. The van der Waals surface area contributed by atoms with Crippen LogP contribution in [0.1, 0.15) is 12.5 Å². The Morgan fingerprint density at radius 1 is 1.07 bits per heavy atom. The highest BCUT2D eigenvalue weighted by Gasteiger charge is 2.21. The Bertz CT molecular complexity index is 818. The molecule has 0 radical (unpaired) electrons. The van der Waals surface area contributed by atoms with Crippen molar-refractivity contribution in [1.29, 1.82) is 0 Å². The number of amides is 1. The van der Waals surface area contributed by atoms with Crippen LogP contribution >= 0.6 is 35.6 Å². The van der Waals surface area contributed by atoms with Gasteiger partial charge >= 0.3 is 0 Å². The van der Waals surface area contributed by atoms with Crippen LogP contribution in [0.5, 0.6) is 0 Å². The Morgan fingerprint density at radius 2 is 1.69 bits per heavy atom. The van der Waals surface area contributed by atoms with Crippen LogP contribution in [0.4, 0.5) is 11.4 Å². The minimum atomic E-state index is -0.0122. The summed E-state index contributed by atoms with van der Waals surface area (Å²) in [6, 6.07) is 15.8. The topological polar surface area (TPSA) is 74.0 Å². The first-order valence-electron chi connectivity index (χ1n) is 9.49. The fraction of sp³-hybridized carbons (Fsp3) is 0.333. The number of aliphatic imine (C=N–C) groups is 1. The van der Waals surface area contributed by atoms with Crippen molar-refractivity contribution in [3.8, 4) is 0 Å². The lowest BCUT2D eigenvalue weighted by molar-refractivity contribution is -0.129. The van der Waals surface area contributed by atoms with Crippen LogP contribution < -0.4 is 16.0 Å². The van der Waals surface area contributed by atoms with Gasteiger partial charge in [-0.3, -0.25) is 4.79 Å². The number of rotatable bonds is 5. The maximum atomic E-state index is 12.4. The number of benzene rings is 2. The van der Waals surface area contributed by atoms with Gasteiger partial charge in [-0.25, -0.2) is 4.99 Å². The first kappa shape index (κ1) is 23.3. The predicted octanol–water partition coefficient (Wildman–Crippen LogP) is 3.60. The van der Waals surface area contributed by atoms with E-state index in [4.69, 9.17) is 17.3 Å². The van der Waals surface area contributed by atoms with E-state index in [1.807, 2.05) is 53.4 Å². The zero-order valence-electron chi connectivity index (χ0n) is 16.5. The molecule has 2 aromatic carbocycles. The summed E-state index contributed by atoms with van der Waals surface area (Å²) in [6.07, 6.45) is 0.990. The number of nitrogens with one attached hydrogen (secondary N) is 1. The smallest absolute Gasteiger partial charge is 0.244 e. The van der Waals surface area contributed by atoms with E-state index in [2.05, 4.69) is 22.1 Å². The molecule has 1 saturated heterocycles. The summed E-state index contributed by atoms with van der Waals surface area (Å²) in [6.45, 7) is 5.07. The fourth-order valence-electron chi connectivity index (χ4n) is 3.13. The number of carbonyl (C=O) groups excluding carboxylic acids is 1. The van der Waals surface area contributed by atoms with E-state index in [9.17, 15) is 4.79 Å². The van der Waals surface area contributed by atoms with Crippen molar-refractivity contribution >= 4 is 58.8 Å². The van der Waals surface area contributed by atoms with Gasteiger partial charge in [-0.15, -0.1) is 24.0 Å². The monoisotopic (exact) mass is 527 g/mol. The quantitative estimate of drug-likeness (QED) is 0.354. The van der Waals surface area contributed by atoms with Crippen LogP contribution in [0.25, 0.3) is 0 Å². The van der Waals surface area contributed by atoms with Gasteiger partial charge in [0.25, 0.3) is 0 Å². The van der Waals surface area contributed by atoms with Gasteiger partial charge in [0.1, 0.15) is 6.54 Å². The zero-order valence-corrected chi connectivity index (χ0v) is 19.6. The van der Waals surface area contributed by atoms with Crippen molar-refractivity contribution in [2.45, 2.75) is 13.3 Å². The Hall–Kier alpha value is -2.00. The lowest BCUT2D eigenvalue weighted by Gasteiger charge is -2.36. The van der Waals surface area contributed by atoms with Crippen LogP contribution in [-0.4, -0.2) is 49.5 Å². The lowest BCUT2D eigenvalue weighted by atomic mass is 10.1. The second kappa shape index (κ2) is 11.3. The Morgan fingerprint density at radius 3 is 2.28 bits per heavy atom.